The predicted molar refractivity (Wildman–Crippen MR) is 142 cm³/mol. The lowest BCUT2D eigenvalue weighted by Crippen LogP contribution is -2.33. The largest absolute Gasteiger partial charge is 0.468 e. The van der Waals surface area contributed by atoms with Crippen molar-refractivity contribution in [2.45, 2.75) is 46.8 Å². The molecule has 1 aliphatic rings. The Balaban J connectivity index is 0.00000101. The van der Waals surface area contributed by atoms with Gasteiger partial charge in [0.2, 0.25) is 5.88 Å². The molecule has 2 atom stereocenters. The minimum atomic E-state index is -0.553. The molecule has 1 aromatic carbocycles. The summed E-state index contributed by atoms with van der Waals surface area (Å²) in [6, 6.07) is 7.42. The molecular formula is C26H36FN5O4. The molecule has 10 heteroatoms. The lowest BCUT2D eigenvalue weighted by molar-refractivity contribution is -0.0980. The average Bonchev–Trinajstić information content (AvgIpc) is 3.38. The summed E-state index contributed by atoms with van der Waals surface area (Å²) in [6.07, 6.45) is 2.40. The molecule has 9 nitrogen and oxygen atoms in total. The summed E-state index contributed by atoms with van der Waals surface area (Å²) in [4.78, 5) is 25.1. The quantitative estimate of drug-likeness (QED) is 0.408. The van der Waals surface area contributed by atoms with E-state index in [-0.39, 0.29) is 18.8 Å². The molecule has 0 bridgehead atoms. The van der Waals surface area contributed by atoms with E-state index in [1.807, 2.05) is 59.6 Å². The second-order valence-corrected chi connectivity index (χ2v) is 6.81. The summed E-state index contributed by atoms with van der Waals surface area (Å²) >= 11 is 0. The number of aromatic nitrogens is 3. The number of carbonyl (C=O) groups excluding carboxylic acids is 1. The second-order valence-electron chi connectivity index (χ2n) is 6.81. The van der Waals surface area contributed by atoms with Crippen LogP contribution in [-0.4, -0.2) is 67.2 Å². The van der Waals surface area contributed by atoms with Gasteiger partial charge >= 0.3 is 0 Å². The molecule has 0 amide bonds. The van der Waals surface area contributed by atoms with Gasteiger partial charge in [0, 0.05) is 11.6 Å². The third kappa shape index (κ3) is 8.03. The highest BCUT2D eigenvalue weighted by Gasteiger charge is 2.32. The van der Waals surface area contributed by atoms with Crippen LogP contribution < -0.4 is 10.1 Å². The molecule has 1 fully saturated rings. The van der Waals surface area contributed by atoms with Crippen molar-refractivity contribution in [1.29, 1.82) is 0 Å². The van der Waals surface area contributed by atoms with Crippen LogP contribution >= 0.6 is 0 Å². The third-order valence-electron chi connectivity index (χ3n) is 4.78. The van der Waals surface area contributed by atoms with E-state index in [4.69, 9.17) is 19.0 Å². The Bertz CT molecular complexity index is 1070. The van der Waals surface area contributed by atoms with Crippen LogP contribution in [-0.2, 0) is 14.3 Å². The van der Waals surface area contributed by atoms with Crippen LogP contribution in [0.2, 0.25) is 0 Å². The van der Waals surface area contributed by atoms with Gasteiger partial charge in [-0.05, 0) is 43.5 Å². The summed E-state index contributed by atoms with van der Waals surface area (Å²) in [5.74, 6) is 1.01. The number of fused-ring (bicyclic) bond motifs is 1. The van der Waals surface area contributed by atoms with Crippen LogP contribution in [0.1, 0.15) is 33.3 Å². The number of rotatable bonds is 8. The fourth-order valence-electron chi connectivity index (χ4n) is 3.39. The molecule has 0 radical (unpaired) electrons. The van der Waals surface area contributed by atoms with Crippen LogP contribution in [0.15, 0.2) is 41.8 Å². The molecule has 0 saturated carbocycles. The van der Waals surface area contributed by atoms with Crippen molar-refractivity contribution in [2.75, 3.05) is 31.8 Å². The second kappa shape index (κ2) is 17.0. The van der Waals surface area contributed by atoms with E-state index in [0.717, 1.165) is 22.2 Å². The number of hydrogen-bond acceptors (Lipinski definition) is 9. The number of ether oxygens (including phenoxy) is 3. The van der Waals surface area contributed by atoms with E-state index < -0.39 is 6.67 Å². The first kappa shape index (κ1) is 30.5. The van der Waals surface area contributed by atoms with Crippen LogP contribution in [0.25, 0.3) is 10.9 Å². The Morgan fingerprint density at radius 2 is 1.86 bits per heavy atom. The average molecular weight is 502 g/mol. The van der Waals surface area contributed by atoms with Gasteiger partial charge in [0.05, 0.1) is 31.0 Å². The van der Waals surface area contributed by atoms with Crippen molar-refractivity contribution in [3.05, 3.63) is 42.4 Å². The first-order valence-electron chi connectivity index (χ1n) is 11.8. The summed E-state index contributed by atoms with van der Waals surface area (Å²) in [5, 5.41) is 4.17. The molecule has 2 aromatic heterocycles. The van der Waals surface area contributed by atoms with Crippen molar-refractivity contribution >= 4 is 41.6 Å². The van der Waals surface area contributed by atoms with Crippen molar-refractivity contribution in [3.8, 4) is 5.88 Å². The highest BCUT2D eigenvalue weighted by Crippen LogP contribution is 2.32. The third-order valence-corrected chi connectivity index (χ3v) is 4.78. The first-order chi connectivity index (χ1) is 17.7. The minimum absolute atomic E-state index is 0.00890. The smallest absolute Gasteiger partial charge is 0.238 e. The van der Waals surface area contributed by atoms with Gasteiger partial charge in [-0.2, -0.15) is 0 Å². The number of nitrogens with zero attached hydrogens (tertiary/aromatic N) is 4. The Hall–Kier alpha value is -3.50. The van der Waals surface area contributed by atoms with E-state index in [1.165, 1.54) is 6.33 Å². The number of aryl methyl sites for hydroxylation is 1. The maximum Gasteiger partial charge on any atom is 0.238 e. The molecule has 4 rings (SSSR count). The number of halogens is 1. The van der Waals surface area contributed by atoms with Crippen LogP contribution in [0, 0.1) is 6.92 Å². The minimum Gasteiger partial charge on any atom is -0.468 e. The van der Waals surface area contributed by atoms with Crippen molar-refractivity contribution in [3.63, 3.8) is 0 Å². The predicted octanol–water partition coefficient (Wildman–Crippen LogP) is 5.41. The molecule has 0 spiro atoms. The first-order valence-corrected chi connectivity index (χ1v) is 11.8. The molecule has 1 saturated heterocycles. The molecule has 3 aromatic rings. The van der Waals surface area contributed by atoms with E-state index in [0.29, 0.717) is 30.6 Å². The zero-order valence-electron chi connectivity index (χ0n) is 21.7. The monoisotopic (exact) mass is 501 g/mol. The van der Waals surface area contributed by atoms with Crippen LogP contribution in [0.4, 0.5) is 21.6 Å². The van der Waals surface area contributed by atoms with E-state index in [9.17, 15) is 4.39 Å². The Labute approximate surface area is 212 Å². The molecule has 196 valence electrons. The van der Waals surface area contributed by atoms with Crippen molar-refractivity contribution in [1.82, 2.24) is 15.0 Å². The number of aliphatic imine (C=N–C) groups is 1. The molecule has 1 N–H and O–H groups in total. The lowest BCUT2D eigenvalue weighted by atomic mass is 10.1. The van der Waals surface area contributed by atoms with E-state index >= 15 is 0 Å². The number of alkyl halides is 1. The number of hydrogen-bond donors (Lipinski definition) is 1. The van der Waals surface area contributed by atoms with Crippen LogP contribution in [0.3, 0.4) is 0 Å². The Morgan fingerprint density at radius 3 is 2.56 bits per heavy atom. The van der Waals surface area contributed by atoms with E-state index in [2.05, 4.69) is 32.0 Å². The van der Waals surface area contributed by atoms with Gasteiger partial charge in [0.25, 0.3) is 0 Å². The summed E-state index contributed by atoms with van der Waals surface area (Å²) in [5.41, 5.74) is 3.10. The van der Waals surface area contributed by atoms with Gasteiger partial charge in [0.15, 0.2) is 6.10 Å². The Kier molecular flexibility index (Phi) is 14.4. The topological polar surface area (TPSA) is 108 Å². The van der Waals surface area contributed by atoms with Gasteiger partial charge in [-0.15, -0.1) is 0 Å². The fourth-order valence-corrected chi connectivity index (χ4v) is 3.39. The van der Waals surface area contributed by atoms with Gasteiger partial charge in [0.1, 0.15) is 37.4 Å². The van der Waals surface area contributed by atoms with Crippen LogP contribution in [0.5, 0.6) is 5.88 Å². The van der Waals surface area contributed by atoms with Crippen molar-refractivity contribution in [2.24, 2.45) is 4.99 Å². The number of benzene rings is 1. The lowest BCUT2D eigenvalue weighted by Gasteiger charge is -2.20. The molecule has 3 heterocycles. The fraction of sp³-hybridized carbons (Fsp3) is 0.423. The normalized spacial score (nSPS) is 15.8. The number of carbonyl (C=O) groups is 1. The zero-order valence-corrected chi connectivity index (χ0v) is 21.7. The molecule has 36 heavy (non-hydrogen) atoms. The standard InChI is InChI=1S/C21H22FN5O3.2C2H6.CH2O/c1-13-8-14(23-2)9-16-19(13)20(26-12-25-16)27-15-4-3-6-24-21(15)30-18-11-28-10-17(18)29-7-5-22;3*1-2/h3-4,6,8-9,12,17-18H,2,5,7,10-11H2,1H3,(H,25,26,27);2*1-2H3;1H2. The van der Waals surface area contributed by atoms with Gasteiger partial charge < -0.3 is 24.3 Å². The molecule has 0 aliphatic carbocycles. The van der Waals surface area contributed by atoms with E-state index in [1.54, 1.807) is 12.3 Å². The Morgan fingerprint density at radius 1 is 1.14 bits per heavy atom. The zero-order chi connectivity index (χ0) is 26.9. The highest BCUT2D eigenvalue weighted by atomic mass is 19.1. The molecule has 2 unspecified atom stereocenters. The maximum atomic E-state index is 12.5. The number of anilines is 2. The maximum absolute atomic E-state index is 12.5. The SMILES string of the molecule is C=Nc1cc(C)c2c(Nc3cccnc3OC3COCC3OCCF)ncnc2c1.C=O.CC.CC. The highest BCUT2D eigenvalue weighted by molar-refractivity contribution is 5.95. The summed E-state index contributed by atoms with van der Waals surface area (Å²) < 4.78 is 29.4. The molecular weight excluding hydrogens is 465 g/mol. The van der Waals surface area contributed by atoms with Crippen molar-refractivity contribution < 1.29 is 23.4 Å². The summed E-state index contributed by atoms with van der Waals surface area (Å²) in [7, 11) is 0. The van der Waals surface area contributed by atoms with Gasteiger partial charge in [-0.25, -0.2) is 19.3 Å². The van der Waals surface area contributed by atoms with Gasteiger partial charge in [-0.1, -0.05) is 27.7 Å². The number of nitrogens with one attached hydrogen (secondary N) is 1. The number of pyridine rings is 1. The van der Waals surface area contributed by atoms with Gasteiger partial charge in [-0.3, -0.25) is 4.99 Å². The summed E-state index contributed by atoms with van der Waals surface area (Å²) in [6.45, 7) is 15.7. The molecule has 1 aliphatic heterocycles.